The minimum absolute atomic E-state index is 0.00799. The second kappa shape index (κ2) is 8.81. The van der Waals surface area contributed by atoms with E-state index in [9.17, 15) is 14.7 Å². The fraction of sp³-hybridized carbons (Fsp3) is 0.412. The summed E-state index contributed by atoms with van der Waals surface area (Å²) in [7, 11) is 0. The molecular formula is C17H22N4O4. The minimum atomic E-state index is -1.16. The Morgan fingerprint density at radius 2 is 1.96 bits per heavy atom. The zero-order valence-electron chi connectivity index (χ0n) is 14.3. The molecule has 2 aromatic rings. The Bertz CT molecular complexity index is 715. The number of aromatic nitrogens is 3. The number of hydrogen-bond donors (Lipinski definition) is 2. The van der Waals surface area contributed by atoms with E-state index in [-0.39, 0.29) is 13.2 Å². The van der Waals surface area contributed by atoms with Gasteiger partial charge < -0.3 is 15.2 Å². The highest BCUT2D eigenvalue weighted by molar-refractivity contribution is 5.79. The second-order valence-corrected chi connectivity index (χ2v) is 5.43. The highest BCUT2D eigenvalue weighted by Crippen LogP contribution is 2.04. The van der Waals surface area contributed by atoms with Crippen molar-refractivity contribution in [2.24, 2.45) is 0 Å². The van der Waals surface area contributed by atoms with Gasteiger partial charge in [0.2, 0.25) is 0 Å². The molecule has 0 aliphatic carbocycles. The maximum Gasteiger partial charge on any atom is 0.408 e. The van der Waals surface area contributed by atoms with Crippen LogP contribution in [0.25, 0.3) is 0 Å². The summed E-state index contributed by atoms with van der Waals surface area (Å²) >= 11 is 0. The molecule has 25 heavy (non-hydrogen) atoms. The number of rotatable bonds is 8. The van der Waals surface area contributed by atoms with Gasteiger partial charge in [-0.25, -0.2) is 19.3 Å². The Morgan fingerprint density at radius 1 is 1.24 bits per heavy atom. The predicted molar refractivity (Wildman–Crippen MR) is 90.0 cm³/mol. The lowest BCUT2D eigenvalue weighted by molar-refractivity contribution is -0.139. The van der Waals surface area contributed by atoms with Gasteiger partial charge in [-0.1, -0.05) is 44.2 Å². The fourth-order valence-corrected chi connectivity index (χ4v) is 2.25. The van der Waals surface area contributed by atoms with E-state index in [1.165, 1.54) is 4.68 Å². The summed E-state index contributed by atoms with van der Waals surface area (Å²) in [6, 6.07) is 8.00. The topological polar surface area (TPSA) is 106 Å². The number of carbonyl (C=O) groups is 2. The summed E-state index contributed by atoms with van der Waals surface area (Å²) in [5.74, 6) is 0.169. The van der Waals surface area contributed by atoms with E-state index in [0.717, 1.165) is 5.56 Å². The molecule has 1 unspecified atom stereocenters. The molecule has 8 heteroatoms. The summed E-state index contributed by atoms with van der Waals surface area (Å²) in [6.07, 6.45) is 0.493. The number of nitrogens with one attached hydrogen (secondary N) is 1. The lowest BCUT2D eigenvalue weighted by Crippen LogP contribution is -2.44. The molecule has 134 valence electrons. The van der Waals surface area contributed by atoms with Crippen molar-refractivity contribution in [2.75, 3.05) is 0 Å². The molecule has 0 saturated carbocycles. The summed E-state index contributed by atoms with van der Waals surface area (Å²) in [4.78, 5) is 27.7. The van der Waals surface area contributed by atoms with Crippen LogP contribution in [0.3, 0.4) is 0 Å². The quantitative estimate of drug-likeness (QED) is 0.755. The van der Waals surface area contributed by atoms with E-state index in [4.69, 9.17) is 4.74 Å². The third-order valence-corrected chi connectivity index (χ3v) is 3.58. The number of amides is 1. The van der Waals surface area contributed by atoms with Crippen LogP contribution in [-0.2, 0) is 35.5 Å². The number of carbonyl (C=O) groups excluding carboxylic acids is 1. The Kier molecular flexibility index (Phi) is 6.50. The summed E-state index contributed by atoms with van der Waals surface area (Å²) < 4.78 is 6.59. The average Bonchev–Trinajstić information content (AvgIpc) is 3.02. The van der Waals surface area contributed by atoms with Crippen LogP contribution in [-0.4, -0.2) is 38.0 Å². The lowest BCUT2D eigenvalue weighted by atomic mass is 10.2. The SMILES string of the molecule is CCc1nc(CC)n(CC(NC(=O)OCc2ccccc2)C(=O)O)n1. The molecule has 2 rings (SSSR count). The van der Waals surface area contributed by atoms with Gasteiger partial charge in [0.05, 0.1) is 6.54 Å². The maximum atomic E-state index is 11.9. The molecule has 2 N–H and O–H groups in total. The summed E-state index contributed by atoms with van der Waals surface area (Å²) in [5, 5.41) is 16.0. The smallest absolute Gasteiger partial charge is 0.408 e. The maximum absolute atomic E-state index is 11.9. The number of aryl methyl sites for hydroxylation is 2. The van der Waals surface area contributed by atoms with Gasteiger partial charge in [0, 0.05) is 12.8 Å². The van der Waals surface area contributed by atoms with Crippen molar-refractivity contribution < 1.29 is 19.4 Å². The molecule has 0 aliphatic rings. The summed E-state index contributed by atoms with van der Waals surface area (Å²) in [5.41, 5.74) is 0.821. The van der Waals surface area contributed by atoms with Crippen LogP contribution in [0.2, 0.25) is 0 Å². The monoisotopic (exact) mass is 346 g/mol. The van der Waals surface area contributed by atoms with E-state index in [1.807, 2.05) is 44.2 Å². The number of nitrogens with zero attached hydrogens (tertiary/aromatic N) is 3. The van der Waals surface area contributed by atoms with Crippen LogP contribution in [0.1, 0.15) is 31.1 Å². The zero-order valence-corrected chi connectivity index (χ0v) is 14.3. The van der Waals surface area contributed by atoms with Gasteiger partial charge in [-0.05, 0) is 5.56 Å². The third kappa shape index (κ3) is 5.30. The Labute approximate surface area is 145 Å². The minimum Gasteiger partial charge on any atom is -0.480 e. The number of carboxylic acid groups (broad SMARTS) is 1. The average molecular weight is 346 g/mol. The number of benzene rings is 1. The van der Waals surface area contributed by atoms with Gasteiger partial charge in [0.15, 0.2) is 5.82 Å². The molecule has 1 aromatic heterocycles. The van der Waals surface area contributed by atoms with Gasteiger partial charge in [0.25, 0.3) is 0 Å². The van der Waals surface area contributed by atoms with E-state index >= 15 is 0 Å². The molecule has 0 radical (unpaired) electrons. The van der Waals surface area contributed by atoms with Gasteiger partial charge in [-0.2, -0.15) is 5.10 Å². The van der Waals surface area contributed by atoms with Gasteiger partial charge in [-0.3, -0.25) is 0 Å². The normalized spacial score (nSPS) is 11.8. The summed E-state index contributed by atoms with van der Waals surface area (Å²) in [6.45, 7) is 3.90. The first-order chi connectivity index (χ1) is 12.0. The molecule has 1 amide bonds. The van der Waals surface area contributed by atoms with Crippen LogP contribution >= 0.6 is 0 Å². The molecule has 1 aromatic carbocycles. The molecule has 1 heterocycles. The van der Waals surface area contributed by atoms with Crippen molar-refractivity contribution >= 4 is 12.1 Å². The van der Waals surface area contributed by atoms with Crippen LogP contribution in [0.15, 0.2) is 30.3 Å². The standard InChI is InChI=1S/C17H22N4O4/c1-3-14-19-15(4-2)21(20-14)10-13(16(22)23)18-17(24)25-11-12-8-6-5-7-9-12/h5-9,13H,3-4,10-11H2,1-2H3,(H,18,24)(H,22,23). The first-order valence-corrected chi connectivity index (χ1v) is 8.16. The van der Waals surface area contributed by atoms with E-state index in [2.05, 4.69) is 15.4 Å². The largest absolute Gasteiger partial charge is 0.480 e. The molecule has 0 spiro atoms. The van der Waals surface area contributed by atoms with Crippen LogP contribution in [0.5, 0.6) is 0 Å². The van der Waals surface area contributed by atoms with E-state index < -0.39 is 18.1 Å². The molecule has 8 nitrogen and oxygen atoms in total. The molecule has 0 saturated heterocycles. The molecule has 0 fully saturated rings. The van der Waals surface area contributed by atoms with Crippen LogP contribution in [0.4, 0.5) is 4.79 Å². The Balaban J connectivity index is 1.97. The van der Waals surface area contributed by atoms with Crippen molar-refractivity contribution in [3.8, 4) is 0 Å². The van der Waals surface area contributed by atoms with Crippen molar-refractivity contribution in [3.63, 3.8) is 0 Å². The number of carboxylic acids is 1. The number of hydrogen-bond acceptors (Lipinski definition) is 5. The Hall–Kier alpha value is -2.90. The van der Waals surface area contributed by atoms with Crippen molar-refractivity contribution in [1.29, 1.82) is 0 Å². The molecule has 1 atom stereocenters. The predicted octanol–water partition coefficient (Wildman–Crippen LogP) is 1.78. The van der Waals surface area contributed by atoms with E-state index in [0.29, 0.717) is 24.5 Å². The fourth-order valence-electron chi connectivity index (χ4n) is 2.25. The van der Waals surface area contributed by atoms with Gasteiger partial charge in [0.1, 0.15) is 18.5 Å². The first-order valence-electron chi connectivity index (χ1n) is 8.16. The molecule has 0 bridgehead atoms. The van der Waals surface area contributed by atoms with Crippen LogP contribution < -0.4 is 5.32 Å². The molecule has 0 aliphatic heterocycles. The molecular weight excluding hydrogens is 324 g/mol. The number of alkyl carbamates (subject to hydrolysis) is 1. The third-order valence-electron chi connectivity index (χ3n) is 3.58. The van der Waals surface area contributed by atoms with Crippen molar-refractivity contribution in [1.82, 2.24) is 20.1 Å². The van der Waals surface area contributed by atoms with Crippen molar-refractivity contribution in [3.05, 3.63) is 47.5 Å². The van der Waals surface area contributed by atoms with E-state index in [1.54, 1.807) is 0 Å². The second-order valence-electron chi connectivity index (χ2n) is 5.43. The number of aliphatic carboxylic acids is 1. The van der Waals surface area contributed by atoms with Crippen molar-refractivity contribution in [2.45, 2.75) is 45.9 Å². The number of ether oxygens (including phenoxy) is 1. The van der Waals surface area contributed by atoms with Gasteiger partial charge >= 0.3 is 12.1 Å². The Morgan fingerprint density at radius 3 is 2.56 bits per heavy atom. The first kappa shape index (κ1) is 18.4. The highest BCUT2D eigenvalue weighted by Gasteiger charge is 2.23. The lowest BCUT2D eigenvalue weighted by Gasteiger charge is -2.15. The van der Waals surface area contributed by atoms with Crippen LogP contribution in [0, 0.1) is 0 Å². The highest BCUT2D eigenvalue weighted by atomic mass is 16.5. The van der Waals surface area contributed by atoms with Gasteiger partial charge in [-0.15, -0.1) is 0 Å². The zero-order chi connectivity index (χ0) is 18.2.